The Balaban J connectivity index is 2.17. The minimum atomic E-state index is -0.402. The van der Waals surface area contributed by atoms with Crippen molar-refractivity contribution in [3.63, 3.8) is 0 Å². The Morgan fingerprint density at radius 1 is 1.42 bits per heavy atom. The minimum absolute atomic E-state index is 0.0664. The molecule has 100 valence electrons. The number of nitrogens with zero attached hydrogens (tertiary/aromatic N) is 1. The van der Waals surface area contributed by atoms with Crippen LogP contribution in [0.4, 0.5) is 10.1 Å². The second-order valence-electron chi connectivity index (χ2n) is 4.09. The normalized spacial score (nSPS) is 10.5. The number of thiophene rings is 1. The van der Waals surface area contributed by atoms with Crippen LogP contribution in [0.25, 0.3) is 0 Å². The molecule has 0 saturated carbocycles. The van der Waals surface area contributed by atoms with Gasteiger partial charge in [0.25, 0.3) is 0 Å². The average molecular weight is 315 g/mol. The van der Waals surface area contributed by atoms with Gasteiger partial charge in [-0.15, -0.1) is 11.3 Å². The van der Waals surface area contributed by atoms with Gasteiger partial charge in [0, 0.05) is 23.2 Å². The van der Waals surface area contributed by atoms with Gasteiger partial charge in [-0.2, -0.15) is 0 Å². The summed E-state index contributed by atoms with van der Waals surface area (Å²) >= 11 is 12.2. The lowest BCUT2D eigenvalue weighted by Crippen LogP contribution is -2.17. The van der Waals surface area contributed by atoms with Crippen molar-refractivity contribution >= 4 is 45.8 Å². The number of halogens is 2. The van der Waals surface area contributed by atoms with Gasteiger partial charge in [0.1, 0.15) is 10.8 Å². The van der Waals surface area contributed by atoms with Gasteiger partial charge < -0.3 is 10.6 Å². The highest BCUT2D eigenvalue weighted by Crippen LogP contribution is 2.25. The molecule has 2 nitrogen and oxygen atoms in total. The molecule has 0 amide bonds. The zero-order valence-electron chi connectivity index (χ0n) is 10.2. The van der Waals surface area contributed by atoms with Crippen LogP contribution in [0.1, 0.15) is 10.4 Å². The van der Waals surface area contributed by atoms with Crippen molar-refractivity contribution in [1.29, 1.82) is 0 Å². The third-order valence-electron chi connectivity index (χ3n) is 2.68. The molecule has 0 fully saturated rings. The van der Waals surface area contributed by atoms with Crippen LogP contribution in [0.3, 0.4) is 0 Å². The molecule has 0 bridgehead atoms. The lowest BCUT2D eigenvalue weighted by atomic mass is 10.2. The van der Waals surface area contributed by atoms with E-state index in [4.69, 9.17) is 29.6 Å². The van der Waals surface area contributed by atoms with Gasteiger partial charge in [-0.3, -0.25) is 0 Å². The first-order valence-corrected chi connectivity index (χ1v) is 7.12. The zero-order chi connectivity index (χ0) is 14.0. The number of thiocarbonyl (C=S) groups is 1. The summed E-state index contributed by atoms with van der Waals surface area (Å²) in [6.07, 6.45) is 0. The number of anilines is 1. The molecule has 2 rings (SSSR count). The Kier molecular flexibility index (Phi) is 4.39. The Morgan fingerprint density at radius 2 is 2.16 bits per heavy atom. The molecule has 2 N–H and O–H groups in total. The summed E-state index contributed by atoms with van der Waals surface area (Å²) in [6, 6.07) is 8.65. The molecule has 0 saturated heterocycles. The van der Waals surface area contributed by atoms with Crippen LogP contribution in [0.2, 0.25) is 4.34 Å². The Labute approximate surface area is 125 Å². The maximum absolute atomic E-state index is 13.8. The van der Waals surface area contributed by atoms with E-state index in [2.05, 4.69) is 0 Å². The average Bonchev–Trinajstić information content (AvgIpc) is 2.74. The molecule has 6 heteroatoms. The summed E-state index contributed by atoms with van der Waals surface area (Å²) in [4.78, 5) is 3.12. The van der Waals surface area contributed by atoms with E-state index in [0.717, 1.165) is 14.9 Å². The van der Waals surface area contributed by atoms with Gasteiger partial charge >= 0.3 is 0 Å². The standard InChI is InChI=1S/C13H12ClFN2S2/c1-17(7-9-3-5-12(14)19-9)8-2-4-10(13(16)18)11(15)6-8/h2-6H,7H2,1H3,(H2,16,18). The fourth-order valence-corrected chi connectivity index (χ4v) is 3.01. The predicted molar refractivity (Wildman–Crippen MR) is 83.7 cm³/mol. The van der Waals surface area contributed by atoms with Gasteiger partial charge in [0.05, 0.1) is 10.9 Å². The molecule has 1 aromatic carbocycles. The smallest absolute Gasteiger partial charge is 0.135 e. The van der Waals surface area contributed by atoms with Gasteiger partial charge in [-0.05, 0) is 30.3 Å². The number of benzene rings is 1. The summed E-state index contributed by atoms with van der Waals surface area (Å²) in [7, 11) is 1.89. The first-order chi connectivity index (χ1) is 8.97. The first kappa shape index (κ1) is 14.2. The first-order valence-electron chi connectivity index (χ1n) is 5.52. The van der Waals surface area contributed by atoms with Crippen molar-refractivity contribution in [2.45, 2.75) is 6.54 Å². The summed E-state index contributed by atoms with van der Waals surface area (Å²) in [6.45, 7) is 0.670. The van der Waals surface area contributed by atoms with E-state index in [0.29, 0.717) is 6.54 Å². The van der Waals surface area contributed by atoms with Gasteiger partial charge in [-0.25, -0.2) is 4.39 Å². The third kappa shape index (κ3) is 3.43. The van der Waals surface area contributed by atoms with Crippen LogP contribution < -0.4 is 10.6 Å². The van der Waals surface area contributed by atoms with Gasteiger partial charge in [0.15, 0.2) is 0 Å². The van der Waals surface area contributed by atoms with Gasteiger partial charge in [0.2, 0.25) is 0 Å². The molecule has 0 atom stereocenters. The molecule has 1 aromatic heterocycles. The van der Waals surface area contributed by atoms with Crippen molar-refractivity contribution in [3.05, 3.63) is 50.9 Å². The maximum atomic E-state index is 13.8. The number of hydrogen-bond acceptors (Lipinski definition) is 3. The van der Waals surface area contributed by atoms with Crippen LogP contribution in [0.5, 0.6) is 0 Å². The van der Waals surface area contributed by atoms with Crippen LogP contribution in [0.15, 0.2) is 30.3 Å². The lowest BCUT2D eigenvalue weighted by Gasteiger charge is -2.19. The van der Waals surface area contributed by atoms with Crippen LogP contribution >= 0.6 is 35.2 Å². The maximum Gasteiger partial charge on any atom is 0.135 e. The second kappa shape index (κ2) is 5.86. The number of nitrogens with two attached hydrogens (primary N) is 1. The molecule has 0 unspecified atom stereocenters. The molecular formula is C13H12ClFN2S2. The van der Waals surface area contributed by atoms with Crippen molar-refractivity contribution in [2.24, 2.45) is 5.73 Å². The number of rotatable bonds is 4. The highest BCUT2D eigenvalue weighted by molar-refractivity contribution is 7.80. The summed E-state index contributed by atoms with van der Waals surface area (Å²) in [5.41, 5.74) is 6.47. The minimum Gasteiger partial charge on any atom is -0.389 e. The molecule has 19 heavy (non-hydrogen) atoms. The highest BCUT2D eigenvalue weighted by Gasteiger charge is 2.09. The van der Waals surface area contributed by atoms with Crippen LogP contribution in [0, 0.1) is 5.82 Å². The Morgan fingerprint density at radius 3 is 2.68 bits per heavy atom. The molecule has 0 radical (unpaired) electrons. The fourth-order valence-electron chi connectivity index (χ4n) is 1.70. The summed E-state index contributed by atoms with van der Waals surface area (Å²) in [5, 5.41) is 0. The topological polar surface area (TPSA) is 29.3 Å². The molecule has 0 aliphatic rings. The van der Waals surface area contributed by atoms with E-state index in [1.807, 2.05) is 24.1 Å². The Hall–Kier alpha value is -1.17. The SMILES string of the molecule is CN(Cc1ccc(Cl)s1)c1ccc(C(N)=S)c(F)c1. The quantitative estimate of drug-likeness (QED) is 0.870. The van der Waals surface area contributed by atoms with E-state index in [-0.39, 0.29) is 10.6 Å². The zero-order valence-corrected chi connectivity index (χ0v) is 12.6. The second-order valence-corrected chi connectivity index (χ2v) is 6.33. The molecule has 2 aromatic rings. The van der Waals surface area contributed by atoms with Crippen LogP contribution in [-0.4, -0.2) is 12.0 Å². The lowest BCUT2D eigenvalue weighted by molar-refractivity contribution is 0.625. The van der Waals surface area contributed by atoms with E-state index in [1.165, 1.54) is 17.4 Å². The molecular weight excluding hydrogens is 303 g/mol. The predicted octanol–water partition coefficient (Wildman–Crippen LogP) is 3.81. The highest BCUT2D eigenvalue weighted by atomic mass is 35.5. The largest absolute Gasteiger partial charge is 0.389 e. The van der Waals surface area contributed by atoms with Crippen LogP contribution in [-0.2, 0) is 6.54 Å². The van der Waals surface area contributed by atoms with Crippen molar-refractivity contribution in [1.82, 2.24) is 0 Å². The van der Waals surface area contributed by atoms with E-state index in [9.17, 15) is 4.39 Å². The van der Waals surface area contributed by atoms with Crippen molar-refractivity contribution < 1.29 is 4.39 Å². The Bertz CT molecular complexity index is 612. The third-order valence-corrected chi connectivity index (χ3v) is 4.12. The van der Waals surface area contributed by atoms with Gasteiger partial charge in [-0.1, -0.05) is 23.8 Å². The van der Waals surface area contributed by atoms with E-state index < -0.39 is 5.82 Å². The van der Waals surface area contributed by atoms with E-state index in [1.54, 1.807) is 12.1 Å². The van der Waals surface area contributed by atoms with Crippen molar-refractivity contribution in [3.8, 4) is 0 Å². The monoisotopic (exact) mass is 314 g/mol. The molecule has 1 heterocycles. The summed E-state index contributed by atoms with van der Waals surface area (Å²) in [5.74, 6) is -0.402. The van der Waals surface area contributed by atoms with Crippen molar-refractivity contribution in [2.75, 3.05) is 11.9 Å². The fraction of sp³-hybridized carbons (Fsp3) is 0.154. The molecule has 0 aliphatic heterocycles. The molecule has 0 aliphatic carbocycles. The summed E-state index contributed by atoms with van der Waals surface area (Å²) < 4.78 is 14.5. The number of hydrogen-bond donors (Lipinski definition) is 1. The molecule has 0 spiro atoms. The van der Waals surface area contributed by atoms with E-state index >= 15 is 0 Å².